The summed E-state index contributed by atoms with van der Waals surface area (Å²) in [4.78, 5) is 19.7. The third-order valence-electron chi connectivity index (χ3n) is 1.12. The highest BCUT2D eigenvalue weighted by molar-refractivity contribution is 5.64. The molecule has 0 bridgehead atoms. The Bertz CT molecular complexity index is 341. The maximum absolute atomic E-state index is 10.7. The second-order valence-electron chi connectivity index (χ2n) is 2.47. The topological polar surface area (TPSA) is 72.8 Å². The van der Waals surface area contributed by atoms with Crippen molar-refractivity contribution in [1.29, 1.82) is 0 Å². The Hall–Kier alpha value is -2.30. The van der Waals surface area contributed by atoms with Crippen LogP contribution in [0.3, 0.4) is 0 Å². The molecule has 16 heavy (non-hydrogen) atoms. The lowest BCUT2D eigenvalue weighted by atomic mass is 10.3. The van der Waals surface area contributed by atoms with Crippen LogP contribution < -0.4 is 4.74 Å². The Balaban J connectivity index is 0.000000487. The van der Waals surface area contributed by atoms with Gasteiger partial charge < -0.3 is 14.6 Å². The molecule has 1 aromatic rings. The van der Waals surface area contributed by atoms with E-state index >= 15 is 0 Å². The number of carboxylic acids is 1. The Morgan fingerprint density at radius 3 is 2.25 bits per heavy atom. The normalized spacial score (nSPS) is 8.06. The van der Waals surface area contributed by atoms with Gasteiger partial charge in [-0.2, -0.15) is 0 Å². The molecule has 0 radical (unpaired) electrons. The van der Waals surface area contributed by atoms with Crippen molar-refractivity contribution in [3.8, 4) is 5.75 Å². The average molecular weight is 224 g/mol. The van der Waals surface area contributed by atoms with E-state index in [1.165, 1.54) is 0 Å². The maximum Gasteiger partial charge on any atom is 0.518 e. The van der Waals surface area contributed by atoms with Gasteiger partial charge in [-0.25, -0.2) is 4.79 Å². The van der Waals surface area contributed by atoms with Crippen molar-refractivity contribution in [3.63, 3.8) is 0 Å². The molecule has 0 aliphatic heterocycles. The first-order chi connectivity index (χ1) is 7.56. The van der Waals surface area contributed by atoms with Crippen molar-refractivity contribution in [2.24, 2.45) is 0 Å². The van der Waals surface area contributed by atoms with E-state index in [-0.39, 0.29) is 0 Å². The van der Waals surface area contributed by atoms with Crippen molar-refractivity contribution in [2.45, 2.75) is 6.92 Å². The van der Waals surface area contributed by atoms with Gasteiger partial charge in [0.1, 0.15) is 5.75 Å². The summed E-state index contributed by atoms with van der Waals surface area (Å²) in [6, 6.07) is 8.66. The molecule has 0 aliphatic rings. The predicted molar refractivity (Wildman–Crippen MR) is 57.1 cm³/mol. The van der Waals surface area contributed by atoms with Gasteiger partial charge in [-0.3, -0.25) is 4.79 Å². The zero-order chi connectivity index (χ0) is 12.4. The Morgan fingerprint density at radius 1 is 1.31 bits per heavy atom. The van der Waals surface area contributed by atoms with Crippen molar-refractivity contribution >= 4 is 12.1 Å². The molecule has 86 valence electrons. The SMILES string of the molecule is C=COC(=O)Oc1ccccc1.CC(=O)O. The van der Waals surface area contributed by atoms with Gasteiger partial charge in [-0.15, -0.1) is 0 Å². The van der Waals surface area contributed by atoms with Crippen LogP contribution in [-0.4, -0.2) is 17.2 Å². The van der Waals surface area contributed by atoms with Crippen LogP contribution in [0.2, 0.25) is 0 Å². The van der Waals surface area contributed by atoms with Crippen LogP contribution >= 0.6 is 0 Å². The third kappa shape index (κ3) is 8.31. The van der Waals surface area contributed by atoms with Gasteiger partial charge >= 0.3 is 6.16 Å². The van der Waals surface area contributed by atoms with Crippen molar-refractivity contribution in [2.75, 3.05) is 0 Å². The van der Waals surface area contributed by atoms with Crippen molar-refractivity contribution < 1.29 is 24.2 Å². The molecule has 0 unspecified atom stereocenters. The van der Waals surface area contributed by atoms with Crippen LogP contribution in [0.4, 0.5) is 4.79 Å². The van der Waals surface area contributed by atoms with Crippen LogP contribution in [-0.2, 0) is 9.53 Å². The fourth-order valence-corrected chi connectivity index (χ4v) is 0.677. The van der Waals surface area contributed by atoms with Gasteiger partial charge in [0.2, 0.25) is 0 Å². The summed E-state index contributed by atoms with van der Waals surface area (Å²) in [6.45, 7) is 4.30. The van der Waals surface area contributed by atoms with E-state index in [2.05, 4.69) is 11.3 Å². The number of para-hydroxylation sites is 1. The molecule has 0 atom stereocenters. The molecule has 0 heterocycles. The lowest BCUT2D eigenvalue weighted by Gasteiger charge is -2.00. The first kappa shape index (κ1) is 13.7. The van der Waals surface area contributed by atoms with E-state index in [4.69, 9.17) is 14.6 Å². The quantitative estimate of drug-likeness (QED) is 0.474. The van der Waals surface area contributed by atoms with Gasteiger partial charge in [0.25, 0.3) is 5.97 Å². The molecule has 5 heteroatoms. The smallest absolute Gasteiger partial charge is 0.481 e. The van der Waals surface area contributed by atoms with Gasteiger partial charge in [-0.1, -0.05) is 24.8 Å². The summed E-state index contributed by atoms with van der Waals surface area (Å²) in [5.41, 5.74) is 0. The van der Waals surface area contributed by atoms with E-state index < -0.39 is 12.1 Å². The number of rotatable bonds is 2. The van der Waals surface area contributed by atoms with Crippen molar-refractivity contribution in [1.82, 2.24) is 0 Å². The summed E-state index contributed by atoms with van der Waals surface area (Å²) in [5, 5.41) is 7.42. The average Bonchev–Trinajstić information content (AvgIpc) is 2.18. The van der Waals surface area contributed by atoms with Gasteiger partial charge in [-0.05, 0) is 12.1 Å². The highest BCUT2D eigenvalue weighted by Gasteiger charge is 2.01. The first-order valence-electron chi connectivity index (χ1n) is 4.30. The molecule has 0 aliphatic carbocycles. The predicted octanol–water partition coefficient (Wildman–Crippen LogP) is 2.44. The van der Waals surface area contributed by atoms with E-state index in [1.54, 1.807) is 24.3 Å². The molecule has 0 amide bonds. The minimum Gasteiger partial charge on any atom is -0.481 e. The highest BCUT2D eigenvalue weighted by Crippen LogP contribution is 2.08. The molecule has 0 saturated heterocycles. The number of aliphatic carboxylic acids is 1. The molecule has 0 spiro atoms. The maximum atomic E-state index is 10.7. The summed E-state index contributed by atoms with van der Waals surface area (Å²) >= 11 is 0. The zero-order valence-electron chi connectivity index (χ0n) is 8.75. The monoisotopic (exact) mass is 224 g/mol. The van der Waals surface area contributed by atoms with Crippen LogP contribution in [0.1, 0.15) is 6.92 Å². The van der Waals surface area contributed by atoms with Gasteiger partial charge in [0.05, 0.1) is 6.26 Å². The van der Waals surface area contributed by atoms with Crippen molar-refractivity contribution in [3.05, 3.63) is 43.2 Å². The molecule has 0 fully saturated rings. The molecular weight excluding hydrogens is 212 g/mol. The second kappa shape index (κ2) is 8.05. The zero-order valence-corrected chi connectivity index (χ0v) is 8.75. The fraction of sp³-hybridized carbons (Fsp3) is 0.0909. The largest absolute Gasteiger partial charge is 0.518 e. The molecule has 1 aromatic carbocycles. The van der Waals surface area contributed by atoms with Crippen LogP contribution in [0.5, 0.6) is 5.75 Å². The van der Waals surface area contributed by atoms with Crippen LogP contribution in [0.25, 0.3) is 0 Å². The Labute approximate surface area is 92.9 Å². The number of hydrogen-bond acceptors (Lipinski definition) is 4. The number of ether oxygens (including phenoxy) is 2. The Kier molecular flexibility index (Phi) is 6.89. The standard InChI is InChI=1S/C9H8O3.C2H4O2/c1-2-11-9(10)12-8-6-4-3-5-7-8;1-2(3)4/h2-7H,1H2;1H3,(H,3,4). The first-order valence-corrected chi connectivity index (χ1v) is 4.30. The van der Waals surface area contributed by atoms with E-state index in [9.17, 15) is 4.79 Å². The summed E-state index contributed by atoms with van der Waals surface area (Å²) in [5.74, 6) is -0.385. The molecule has 1 N–H and O–H groups in total. The summed E-state index contributed by atoms with van der Waals surface area (Å²) in [6.07, 6.45) is 0.238. The number of benzene rings is 1. The molecule has 1 rings (SSSR count). The molecule has 0 aromatic heterocycles. The number of hydrogen-bond donors (Lipinski definition) is 1. The minimum atomic E-state index is -0.833. The Morgan fingerprint density at radius 2 is 1.81 bits per heavy atom. The fourth-order valence-electron chi connectivity index (χ4n) is 0.677. The summed E-state index contributed by atoms with van der Waals surface area (Å²) in [7, 11) is 0. The molecular formula is C11H12O5. The molecule has 0 saturated carbocycles. The third-order valence-corrected chi connectivity index (χ3v) is 1.12. The number of carbonyl (C=O) groups excluding carboxylic acids is 1. The lowest BCUT2D eigenvalue weighted by molar-refractivity contribution is -0.134. The van der Waals surface area contributed by atoms with E-state index in [1.807, 2.05) is 6.07 Å². The van der Waals surface area contributed by atoms with Gasteiger partial charge in [0.15, 0.2) is 0 Å². The number of carbonyl (C=O) groups is 2. The lowest BCUT2D eigenvalue weighted by Crippen LogP contribution is -2.06. The van der Waals surface area contributed by atoms with Crippen LogP contribution in [0.15, 0.2) is 43.2 Å². The summed E-state index contributed by atoms with van der Waals surface area (Å²) < 4.78 is 9.07. The second-order valence-corrected chi connectivity index (χ2v) is 2.47. The number of carboxylic acid groups (broad SMARTS) is 1. The highest BCUT2D eigenvalue weighted by atomic mass is 16.7. The minimum absolute atomic E-state index is 0.448. The van der Waals surface area contributed by atoms with Gasteiger partial charge in [0, 0.05) is 6.92 Å². The van der Waals surface area contributed by atoms with E-state index in [0.29, 0.717) is 5.75 Å². The molecule has 5 nitrogen and oxygen atoms in total. The van der Waals surface area contributed by atoms with E-state index in [0.717, 1.165) is 13.2 Å². The van der Waals surface area contributed by atoms with Crippen LogP contribution in [0, 0.1) is 0 Å².